The summed E-state index contributed by atoms with van der Waals surface area (Å²) in [5.41, 5.74) is 1.94. The van der Waals surface area contributed by atoms with E-state index in [-0.39, 0.29) is 0 Å². The van der Waals surface area contributed by atoms with Crippen LogP contribution in [-0.4, -0.2) is 12.8 Å². The number of benzene rings is 1. The van der Waals surface area contributed by atoms with Crippen LogP contribution >= 0.6 is 0 Å². The van der Waals surface area contributed by atoms with Crippen molar-refractivity contribution in [2.24, 2.45) is 5.16 Å². The first-order valence-corrected chi connectivity index (χ1v) is 4.48. The summed E-state index contributed by atoms with van der Waals surface area (Å²) >= 11 is 0. The predicted molar refractivity (Wildman–Crippen MR) is 55.0 cm³/mol. The number of nitriles is 1. The van der Waals surface area contributed by atoms with Crippen LogP contribution in [0.15, 0.2) is 29.4 Å². The van der Waals surface area contributed by atoms with Gasteiger partial charge in [-0.1, -0.05) is 23.4 Å². The van der Waals surface area contributed by atoms with Gasteiger partial charge in [0, 0.05) is 0 Å². The fraction of sp³-hybridized carbons (Fsp3) is 0.273. The highest BCUT2D eigenvalue weighted by atomic mass is 16.6. The molecule has 0 saturated carbocycles. The molecule has 1 rings (SSSR count). The lowest BCUT2D eigenvalue weighted by Gasteiger charge is -1.96. The first-order valence-electron chi connectivity index (χ1n) is 4.48. The number of nitrogens with zero attached hydrogens (tertiary/aromatic N) is 2. The Morgan fingerprint density at radius 1 is 1.57 bits per heavy atom. The molecule has 0 heterocycles. The van der Waals surface area contributed by atoms with Crippen LogP contribution in [0.1, 0.15) is 18.1 Å². The van der Waals surface area contributed by atoms with Gasteiger partial charge in [-0.25, -0.2) is 0 Å². The molecule has 1 aromatic rings. The summed E-state index contributed by atoms with van der Waals surface area (Å²) in [5.74, 6) is 0. The number of hydrogen-bond donors (Lipinski definition) is 0. The zero-order valence-electron chi connectivity index (χ0n) is 8.10. The second kappa shape index (κ2) is 5.76. The molecule has 0 aliphatic rings. The minimum atomic E-state index is 0.427. The van der Waals surface area contributed by atoms with Gasteiger partial charge in [0.1, 0.15) is 6.61 Å². The van der Waals surface area contributed by atoms with Crippen molar-refractivity contribution in [1.82, 2.24) is 0 Å². The molecule has 0 spiro atoms. The predicted octanol–water partition coefficient (Wildman–Crippen LogP) is 2.12. The molecular formula is C11H12N2O. The third kappa shape index (κ3) is 3.28. The lowest BCUT2D eigenvalue weighted by Crippen LogP contribution is -1.87. The molecule has 0 unspecified atom stereocenters. The molecule has 0 aliphatic carbocycles. The summed E-state index contributed by atoms with van der Waals surface area (Å²) < 4.78 is 0. The molecule has 0 saturated heterocycles. The minimum absolute atomic E-state index is 0.427. The highest BCUT2D eigenvalue weighted by Crippen LogP contribution is 2.03. The van der Waals surface area contributed by atoms with Gasteiger partial charge < -0.3 is 4.84 Å². The molecule has 0 atom stereocenters. The van der Waals surface area contributed by atoms with Crippen LogP contribution in [0, 0.1) is 11.3 Å². The molecule has 72 valence electrons. The Hall–Kier alpha value is -1.82. The molecule has 0 aromatic heterocycles. The van der Waals surface area contributed by atoms with Crippen molar-refractivity contribution in [1.29, 1.82) is 5.26 Å². The summed E-state index contributed by atoms with van der Waals surface area (Å²) in [6.07, 6.45) is 2.07. The van der Waals surface area contributed by atoms with E-state index in [9.17, 15) is 0 Å². The van der Waals surface area contributed by atoms with Crippen LogP contribution < -0.4 is 0 Å². The molecule has 0 radical (unpaired) electrons. The van der Waals surface area contributed by atoms with Crippen molar-refractivity contribution < 1.29 is 4.84 Å². The second-order valence-electron chi connectivity index (χ2n) is 2.73. The monoisotopic (exact) mass is 188 g/mol. The fourth-order valence-electron chi connectivity index (χ4n) is 1.05. The normalized spacial score (nSPS) is 10.0. The Kier molecular flexibility index (Phi) is 4.22. The molecule has 3 nitrogen and oxygen atoms in total. The van der Waals surface area contributed by atoms with Gasteiger partial charge in [0.25, 0.3) is 0 Å². The third-order valence-electron chi connectivity index (χ3n) is 1.64. The van der Waals surface area contributed by atoms with E-state index in [1.54, 1.807) is 6.21 Å². The number of hydrogen-bond acceptors (Lipinski definition) is 3. The topological polar surface area (TPSA) is 45.4 Å². The van der Waals surface area contributed by atoms with Gasteiger partial charge in [-0.05, 0) is 24.1 Å². The summed E-state index contributed by atoms with van der Waals surface area (Å²) in [6, 6.07) is 9.77. The van der Waals surface area contributed by atoms with Gasteiger partial charge in [-0.3, -0.25) is 0 Å². The van der Waals surface area contributed by atoms with Crippen LogP contribution in [-0.2, 0) is 11.3 Å². The second-order valence-corrected chi connectivity index (χ2v) is 2.73. The zero-order chi connectivity index (χ0) is 10.2. The van der Waals surface area contributed by atoms with E-state index in [0.29, 0.717) is 13.0 Å². The van der Waals surface area contributed by atoms with E-state index in [1.807, 2.05) is 31.2 Å². The SMILES string of the molecule is CCON=Cc1cccc(CC#N)c1. The van der Waals surface area contributed by atoms with Crippen molar-refractivity contribution in [2.75, 3.05) is 6.61 Å². The van der Waals surface area contributed by atoms with E-state index in [2.05, 4.69) is 11.2 Å². The van der Waals surface area contributed by atoms with Gasteiger partial charge in [-0.2, -0.15) is 5.26 Å². The van der Waals surface area contributed by atoms with Crippen molar-refractivity contribution in [3.63, 3.8) is 0 Å². The first-order chi connectivity index (χ1) is 6.86. The lowest BCUT2D eigenvalue weighted by atomic mass is 10.1. The van der Waals surface area contributed by atoms with E-state index in [1.165, 1.54) is 0 Å². The van der Waals surface area contributed by atoms with Gasteiger partial charge in [0.15, 0.2) is 0 Å². The Labute approximate surface area is 83.6 Å². The van der Waals surface area contributed by atoms with Crippen LogP contribution in [0.5, 0.6) is 0 Å². The smallest absolute Gasteiger partial charge is 0.114 e. The van der Waals surface area contributed by atoms with E-state index in [0.717, 1.165) is 11.1 Å². The van der Waals surface area contributed by atoms with Crippen LogP contribution in [0.3, 0.4) is 0 Å². The fourth-order valence-corrected chi connectivity index (χ4v) is 1.05. The van der Waals surface area contributed by atoms with Gasteiger partial charge in [0.2, 0.25) is 0 Å². The molecular weight excluding hydrogens is 176 g/mol. The lowest BCUT2D eigenvalue weighted by molar-refractivity contribution is 0.160. The molecule has 0 fully saturated rings. The van der Waals surface area contributed by atoms with Crippen LogP contribution in [0.25, 0.3) is 0 Å². The molecule has 14 heavy (non-hydrogen) atoms. The maximum atomic E-state index is 8.52. The quantitative estimate of drug-likeness (QED) is 0.536. The minimum Gasteiger partial charge on any atom is -0.396 e. The molecule has 0 amide bonds. The molecule has 0 bridgehead atoms. The third-order valence-corrected chi connectivity index (χ3v) is 1.64. The molecule has 0 aliphatic heterocycles. The maximum absolute atomic E-state index is 8.52. The van der Waals surface area contributed by atoms with Gasteiger partial charge in [0.05, 0.1) is 18.7 Å². The van der Waals surface area contributed by atoms with Crippen molar-refractivity contribution >= 4 is 6.21 Å². The van der Waals surface area contributed by atoms with Crippen molar-refractivity contribution in [3.05, 3.63) is 35.4 Å². The summed E-state index contributed by atoms with van der Waals surface area (Å²) in [6.45, 7) is 2.44. The standard InChI is InChI=1S/C11H12N2O/c1-2-14-13-9-11-5-3-4-10(8-11)6-7-12/h3-5,8-9H,2,6H2,1H3. The zero-order valence-corrected chi connectivity index (χ0v) is 8.10. The Morgan fingerprint density at radius 3 is 3.14 bits per heavy atom. The van der Waals surface area contributed by atoms with Gasteiger partial charge in [-0.15, -0.1) is 0 Å². The maximum Gasteiger partial charge on any atom is 0.114 e. The summed E-state index contributed by atoms with van der Waals surface area (Å²) in [4.78, 5) is 4.84. The average Bonchev–Trinajstić information content (AvgIpc) is 2.19. The van der Waals surface area contributed by atoms with E-state index in [4.69, 9.17) is 10.1 Å². The molecule has 3 heteroatoms. The highest BCUT2D eigenvalue weighted by Gasteiger charge is 1.92. The molecule has 0 N–H and O–H groups in total. The van der Waals surface area contributed by atoms with E-state index >= 15 is 0 Å². The Balaban J connectivity index is 2.69. The Bertz CT molecular complexity index is 353. The highest BCUT2D eigenvalue weighted by molar-refractivity contribution is 5.79. The van der Waals surface area contributed by atoms with Crippen molar-refractivity contribution in [3.8, 4) is 6.07 Å². The largest absolute Gasteiger partial charge is 0.396 e. The number of rotatable bonds is 4. The Morgan fingerprint density at radius 2 is 2.43 bits per heavy atom. The average molecular weight is 188 g/mol. The molecule has 1 aromatic carbocycles. The van der Waals surface area contributed by atoms with Crippen LogP contribution in [0.2, 0.25) is 0 Å². The summed E-state index contributed by atoms with van der Waals surface area (Å²) in [7, 11) is 0. The van der Waals surface area contributed by atoms with Gasteiger partial charge >= 0.3 is 0 Å². The first kappa shape index (κ1) is 10.3. The van der Waals surface area contributed by atoms with Crippen molar-refractivity contribution in [2.45, 2.75) is 13.3 Å². The van der Waals surface area contributed by atoms with Crippen LogP contribution in [0.4, 0.5) is 0 Å². The summed E-state index contributed by atoms with van der Waals surface area (Å²) in [5, 5.41) is 12.3. The number of oxime groups is 1. The van der Waals surface area contributed by atoms with E-state index < -0.39 is 0 Å².